The molecule has 5 heteroatoms. The van der Waals surface area contributed by atoms with Gasteiger partial charge in [-0.05, 0) is 12.8 Å². The monoisotopic (exact) mass is 300 g/mol. The first-order valence-corrected chi connectivity index (χ1v) is 7.79. The van der Waals surface area contributed by atoms with Crippen LogP contribution in [-0.4, -0.2) is 29.2 Å². The van der Waals surface area contributed by atoms with Gasteiger partial charge in [-0.3, -0.25) is 19.7 Å². The normalized spacial score (nSPS) is 20.8. The third-order valence-corrected chi connectivity index (χ3v) is 4.49. The number of amides is 1. The van der Waals surface area contributed by atoms with Crippen molar-refractivity contribution in [2.24, 2.45) is 0 Å². The molecular formula is C17H20N2O3. The second kappa shape index (κ2) is 5.65. The summed E-state index contributed by atoms with van der Waals surface area (Å²) < 4.78 is 0. The van der Waals surface area contributed by atoms with Crippen LogP contribution in [0.15, 0.2) is 24.3 Å². The zero-order chi connectivity index (χ0) is 15.7. The van der Waals surface area contributed by atoms with Gasteiger partial charge < -0.3 is 5.32 Å². The van der Waals surface area contributed by atoms with Gasteiger partial charge in [-0.25, -0.2) is 0 Å². The highest BCUT2D eigenvalue weighted by Crippen LogP contribution is 2.30. The summed E-state index contributed by atoms with van der Waals surface area (Å²) in [6.07, 6.45) is 5.15. The van der Waals surface area contributed by atoms with Crippen molar-refractivity contribution >= 4 is 17.5 Å². The Bertz CT molecular complexity index is 598. The van der Waals surface area contributed by atoms with Gasteiger partial charge in [0.2, 0.25) is 23.1 Å². The van der Waals surface area contributed by atoms with Crippen LogP contribution >= 0.6 is 0 Å². The Morgan fingerprint density at radius 3 is 2.09 bits per heavy atom. The molecule has 1 fully saturated rings. The Balaban J connectivity index is 1.98. The first-order chi connectivity index (χ1) is 10.5. The van der Waals surface area contributed by atoms with E-state index in [1.807, 2.05) is 0 Å². The van der Waals surface area contributed by atoms with Crippen LogP contribution < -0.4 is 10.6 Å². The summed E-state index contributed by atoms with van der Waals surface area (Å²) in [5, 5.41) is 5.78. The summed E-state index contributed by atoms with van der Waals surface area (Å²) in [6.45, 7) is 1.33. The molecule has 0 atom stereocenters. The first kappa shape index (κ1) is 14.9. The molecule has 0 saturated heterocycles. The second-order valence-electron chi connectivity index (χ2n) is 6.11. The number of benzene rings is 1. The van der Waals surface area contributed by atoms with Gasteiger partial charge >= 0.3 is 0 Å². The minimum absolute atomic E-state index is 0.0720. The van der Waals surface area contributed by atoms with Gasteiger partial charge in [0.15, 0.2) is 0 Å². The topological polar surface area (TPSA) is 75.3 Å². The summed E-state index contributed by atoms with van der Waals surface area (Å²) in [4.78, 5) is 37.3. The average molecular weight is 300 g/mol. The highest BCUT2D eigenvalue weighted by atomic mass is 16.2. The fourth-order valence-electron chi connectivity index (χ4n) is 3.48. The lowest BCUT2D eigenvalue weighted by atomic mass is 9.92. The maximum atomic E-state index is 12.8. The van der Waals surface area contributed by atoms with Crippen molar-refractivity contribution in [2.45, 2.75) is 50.7 Å². The molecule has 1 aromatic rings. The Labute approximate surface area is 129 Å². The molecule has 0 aromatic heterocycles. The first-order valence-electron chi connectivity index (χ1n) is 7.79. The number of nitrogens with one attached hydrogen (secondary N) is 2. The molecule has 0 unspecified atom stereocenters. The van der Waals surface area contributed by atoms with E-state index < -0.39 is 11.6 Å². The van der Waals surface area contributed by atoms with Crippen molar-refractivity contribution in [3.05, 3.63) is 35.4 Å². The maximum Gasteiger partial charge on any atom is 0.220 e. The van der Waals surface area contributed by atoms with Gasteiger partial charge in [-0.1, -0.05) is 43.5 Å². The Morgan fingerprint density at radius 1 is 1.05 bits per heavy atom. The standard InChI is InChI=1S/C17H20N2O3/c1-11(20)18-17(19-12-7-3-2-4-8-12)15(21)13-9-5-6-10-14(13)16(17)22/h5-6,9-10,12,19H,2-4,7-8H2,1H3,(H,18,20). The molecule has 1 aromatic carbocycles. The Morgan fingerprint density at radius 2 is 1.59 bits per heavy atom. The molecule has 1 saturated carbocycles. The summed E-state index contributed by atoms with van der Waals surface area (Å²) in [5.74, 6) is -1.10. The van der Waals surface area contributed by atoms with Gasteiger partial charge in [0.05, 0.1) is 0 Å². The number of Topliss-reactive ketones (excluding diaryl/α,β-unsaturated/α-hetero) is 2. The number of hydrogen-bond acceptors (Lipinski definition) is 4. The lowest BCUT2D eigenvalue weighted by Gasteiger charge is -2.34. The van der Waals surface area contributed by atoms with Gasteiger partial charge in [0.1, 0.15) is 0 Å². The van der Waals surface area contributed by atoms with E-state index in [1.165, 1.54) is 13.3 Å². The van der Waals surface area contributed by atoms with E-state index in [-0.39, 0.29) is 17.6 Å². The quantitative estimate of drug-likeness (QED) is 0.659. The molecule has 0 heterocycles. The van der Waals surface area contributed by atoms with Gasteiger partial charge in [0.25, 0.3) is 0 Å². The van der Waals surface area contributed by atoms with Crippen LogP contribution in [0.5, 0.6) is 0 Å². The molecule has 0 spiro atoms. The van der Waals surface area contributed by atoms with E-state index in [0.717, 1.165) is 25.7 Å². The van der Waals surface area contributed by atoms with Crippen LogP contribution in [0, 0.1) is 0 Å². The van der Waals surface area contributed by atoms with Crippen molar-refractivity contribution in [3.8, 4) is 0 Å². The van der Waals surface area contributed by atoms with Crippen LogP contribution in [0.4, 0.5) is 0 Å². The molecule has 0 radical (unpaired) electrons. The summed E-state index contributed by atoms with van der Waals surface area (Å²) in [6, 6.07) is 6.81. The molecule has 22 heavy (non-hydrogen) atoms. The van der Waals surface area contributed by atoms with E-state index in [9.17, 15) is 14.4 Å². The second-order valence-corrected chi connectivity index (χ2v) is 6.11. The van der Waals surface area contributed by atoms with Crippen LogP contribution in [0.2, 0.25) is 0 Å². The van der Waals surface area contributed by atoms with Gasteiger partial charge in [-0.15, -0.1) is 0 Å². The van der Waals surface area contributed by atoms with Crippen LogP contribution in [0.25, 0.3) is 0 Å². The lowest BCUT2D eigenvalue weighted by molar-refractivity contribution is -0.120. The van der Waals surface area contributed by atoms with Crippen molar-refractivity contribution in [3.63, 3.8) is 0 Å². The maximum absolute atomic E-state index is 12.8. The number of rotatable bonds is 3. The minimum atomic E-state index is -1.63. The molecule has 2 aliphatic carbocycles. The number of fused-ring (bicyclic) bond motifs is 1. The Kier molecular flexibility index (Phi) is 3.83. The highest BCUT2D eigenvalue weighted by molar-refractivity contribution is 6.33. The fraction of sp³-hybridized carbons (Fsp3) is 0.471. The number of ketones is 2. The molecule has 0 aliphatic heterocycles. The van der Waals surface area contributed by atoms with Crippen LogP contribution in [-0.2, 0) is 4.79 Å². The molecule has 5 nitrogen and oxygen atoms in total. The zero-order valence-corrected chi connectivity index (χ0v) is 12.6. The minimum Gasteiger partial charge on any atom is -0.325 e. The zero-order valence-electron chi connectivity index (χ0n) is 12.6. The number of hydrogen-bond donors (Lipinski definition) is 2. The Hall–Kier alpha value is -2.01. The third-order valence-electron chi connectivity index (χ3n) is 4.49. The van der Waals surface area contributed by atoms with E-state index in [4.69, 9.17) is 0 Å². The predicted octanol–water partition coefficient (Wildman–Crippen LogP) is 1.82. The molecular weight excluding hydrogens is 280 g/mol. The molecule has 0 bridgehead atoms. The average Bonchev–Trinajstić information content (AvgIpc) is 2.71. The highest BCUT2D eigenvalue weighted by Gasteiger charge is 2.54. The van der Waals surface area contributed by atoms with Crippen LogP contribution in [0.1, 0.15) is 59.7 Å². The predicted molar refractivity (Wildman–Crippen MR) is 81.7 cm³/mol. The van der Waals surface area contributed by atoms with Crippen molar-refractivity contribution in [1.82, 2.24) is 10.6 Å². The van der Waals surface area contributed by atoms with Crippen molar-refractivity contribution in [2.75, 3.05) is 0 Å². The van der Waals surface area contributed by atoms with Crippen LogP contribution in [0.3, 0.4) is 0 Å². The molecule has 2 N–H and O–H groups in total. The van der Waals surface area contributed by atoms with Crippen molar-refractivity contribution < 1.29 is 14.4 Å². The molecule has 2 aliphatic rings. The lowest BCUT2D eigenvalue weighted by Crippen LogP contribution is -2.68. The summed E-state index contributed by atoms with van der Waals surface area (Å²) in [5.41, 5.74) is -0.869. The van der Waals surface area contributed by atoms with E-state index in [2.05, 4.69) is 10.6 Å². The summed E-state index contributed by atoms with van der Waals surface area (Å²) >= 11 is 0. The van der Waals surface area contributed by atoms with Crippen molar-refractivity contribution in [1.29, 1.82) is 0 Å². The molecule has 3 rings (SSSR count). The van der Waals surface area contributed by atoms with Gasteiger partial charge in [-0.2, -0.15) is 0 Å². The van der Waals surface area contributed by atoms with E-state index in [0.29, 0.717) is 11.1 Å². The number of carbonyl (C=O) groups excluding carboxylic acids is 3. The summed E-state index contributed by atoms with van der Waals surface area (Å²) in [7, 11) is 0. The fourth-order valence-corrected chi connectivity index (χ4v) is 3.48. The third kappa shape index (κ3) is 2.35. The SMILES string of the molecule is CC(=O)NC1(NC2CCCCC2)C(=O)c2ccccc2C1=O. The van der Waals surface area contributed by atoms with Gasteiger partial charge in [0, 0.05) is 24.1 Å². The molecule has 116 valence electrons. The number of carbonyl (C=O) groups is 3. The molecule has 1 amide bonds. The smallest absolute Gasteiger partial charge is 0.220 e. The van der Waals surface area contributed by atoms with E-state index >= 15 is 0 Å². The van der Waals surface area contributed by atoms with E-state index in [1.54, 1.807) is 24.3 Å². The largest absolute Gasteiger partial charge is 0.325 e.